The van der Waals surface area contributed by atoms with E-state index in [-0.39, 0.29) is 11.9 Å². The molecular formula is C26H30N2O3. The minimum absolute atomic E-state index is 0.171. The van der Waals surface area contributed by atoms with Crippen LogP contribution in [0, 0.1) is 0 Å². The summed E-state index contributed by atoms with van der Waals surface area (Å²) in [5.74, 6) is 0.370. The third-order valence-electron chi connectivity index (χ3n) is 6.07. The van der Waals surface area contributed by atoms with Crippen molar-refractivity contribution in [2.75, 3.05) is 51.3 Å². The van der Waals surface area contributed by atoms with Crippen LogP contribution in [0.2, 0.25) is 0 Å². The molecule has 0 N–H and O–H groups in total. The number of carbonyl (C=O) groups is 1. The average Bonchev–Trinajstić information content (AvgIpc) is 2.83. The maximum absolute atomic E-state index is 12.6. The maximum Gasteiger partial charge on any atom is 0.313 e. The van der Waals surface area contributed by atoms with Gasteiger partial charge in [0.15, 0.2) is 0 Å². The van der Waals surface area contributed by atoms with E-state index in [1.54, 1.807) is 7.11 Å². The summed E-state index contributed by atoms with van der Waals surface area (Å²) in [4.78, 5) is 17.4. The Bertz CT molecular complexity index is 1010. The van der Waals surface area contributed by atoms with Crippen molar-refractivity contribution in [2.45, 2.75) is 12.8 Å². The second-order valence-corrected chi connectivity index (χ2v) is 8.03. The molecule has 31 heavy (non-hydrogen) atoms. The first-order valence-corrected chi connectivity index (χ1v) is 10.9. The molecule has 5 heteroatoms. The van der Waals surface area contributed by atoms with Crippen molar-refractivity contribution in [3.05, 3.63) is 72.3 Å². The molecule has 0 aliphatic carbocycles. The zero-order chi connectivity index (χ0) is 21.6. The van der Waals surface area contributed by atoms with Crippen molar-refractivity contribution < 1.29 is 14.3 Å². The first-order chi connectivity index (χ1) is 15.1. The van der Waals surface area contributed by atoms with Gasteiger partial charge in [-0.1, -0.05) is 42.5 Å². The molecule has 0 spiro atoms. The van der Waals surface area contributed by atoms with Crippen LogP contribution in [0.5, 0.6) is 5.75 Å². The number of para-hydroxylation sites is 1. The largest absolute Gasteiger partial charge is 0.497 e. The number of hydrogen-bond donors (Lipinski definition) is 0. The minimum atomic E-state index is -0.290. The molecular weight excluding hydrogens is 388 g/mol. The van der Waals surface area contributed by atoms with Gasteiger partial charge in [-0.2, -0.15) is 0 Å². The van der Waals surface area contributed by atoms with Gasteiger partial charge in [0.25, 0.3) is 0 Å². The predicted molar refractivity (Wildman–Crippen MR) is 125 cm³/mol. The van der Waals surface area contributed by atoms with E-state index in [4.69, 9.17) is 9.47 Å². The molecule has 1 saturated heterocycles. The van der Waals surface area contributed by atoms with Crippen molar-refractivity contribution in [1.29, 1.82) is 0 Å². The second kappa shape index (κ2) is 9.84. The minimum Gasteiger partial charge on any atom is -0.497 e. The molecule has 1 unspecified atom stereocenters. The zero-order valence-corrected chi connectivity index (χ0v) is 18.3. The molecule has 5 nitrogen and oxygen atoms in total. The molecule has 1 fully saturated rings. The van der Waals surface area contributed by atoms with Crippen LogP contribution in [0.15, 0.2) is 66.7 Å². The van der Waals surface area contributed by atoms with Gasteiger partial charge in [-0.05, 0) is 47.5 Å². The smallest absolute Gasteiger partial charge is 0.313 e. The number of esters is 1. The standard InChI is InChI=1S/C26H30N2O3/c1-20(21-8-9-23-19-25(30-2)11-10-22(23)18-21)26(29)31-17-16-27-12-14-28(15-13-27)24-6-4-3-5-7-24/h3-11,18-20H,12-17H2,1-2H3. The molecule has 162 valence electrons. The number of benzene rings is 3. The Morgan fingerprint density at radius 1 is 0.935 bits per heavy atom. The van der Waals surface area contributed by atoms with Gasteiger partial charge < -0.3 is 14.4 Å². The highest BCUT2D eigenvalue weighted by Crippen LogP contribution is 2.25. The van der Waals surface area contributed by atoms with Crippen LogP contribution in [0.4, 0.5) is 5.69 Å². The highest BCUT2D eigenvalue weighted by molar-refractivity contribution is 5.86. The Labute approximate surface area is 184 Å². The lowest BCUT2D eigenvalue weighted by molar-refractivity contribution is -0.145. The molecule has 0 radical (unpaired) electrons. The lowest BCUT2D eigenvalue weighted by Crippen LogP contribution is -2.47. The van der Waals surface area contributed by atoms with Crippen LogP contribution in [-0.2, 0) is 9.53 Å². The van der Waals surface area contributed by atoms with Gasteiger partial charge in [0, 0.05) is 38.4 Å². The number of ether oxygens (including phenoxy) is 2. The topological polar surface area (TPSA) is 42.0 Å². The molecule has 1 aliphatic rings. The Morgan fingerprint density at radius 3 is 2.39 bits per heavy atom. The van der Waals surface area contributed by atoms with E-state index in [0.717, 1.165) is 54.8 Å². The number of methoxy groups -OCH3 is 1. The average molecular weight is 419 g/mol. The summed E-state index contributed by atoms with van der Waals surface area (Å²) in [5.41, 5.74) is 2.25. The molecule has 1 aliphatic heterocycles. The lowest BCUT2D eigenvalue weighted by Gasteiger charge is -2.36. The summed E-state index contributed by atoms with van der Waals surface area (Å²) in [5, 5.41) is 2.19. The summed E-state index contributed by atoms with van der Waals surface area (Å²) in [6.45, 7) is 7.07. The molecule has 0 amide bonds. The fraction of sp³-hybridized carbons (Fsp3) is 0.346. The van der Waals surface area contributed by atoms with Crippen LogP contribution < -0.4 is 9.64 Å². The molecule has 1 atom stereocenters. The molecule has 4 rings (SSSR count). The van der Waals surface area contributed by atoms with E-state index in [1.165, 1.54) is 5.69 Å². The highest BCUT2D eigenvalue weighted by Gasteiger charge is 2.20. The lowest BCUT2D eigenvalue weighted by atomic mass is 9.98. The van der Waals surface area contributed by atoms with Crippen LogP contribution in [0.3, 0.4) is 0 Å². The summed E-state index contributed by atoms with van der Waals surface area (Å²) in [6, 6.07) is 22.6. The maximum atomic E-state index is 12.6. The normalized spacial score (nSPS) is 15.6. The van der Waals surface area contributed by atoms with Gasteiger partial charge in [-0.25, -0.2) is 0 Å². The SMILES string of the molecule is COc1ccc2cc(C(C)C(=O)OCCN3CCN(c4ccccc4)CC3)ccc2c1. The Morgan fingerprint density at radius 2 is 1.65 bits per heavy atom. The Balaban J connectivity index is 1.25. The number of anilines is 1. The molecule has 0 bridgehead atoms. The van der Waals surface area contributed by atoms with Crippen molar-refractivity contribution in [3.8, 4) is 5.75 Å². The van der Waals surface area contributed by atoms with Crippen molar-refractivity contribution in [2.24, 2.45) is 0 Å². The number of carbonyl (C=O) groups excluding carboxylic acids is 1. The third kappa shape index (κ3) is 5.17. The van der Waals surface area contributed by atoms with Gasteiger partial charge in [-0.3, -0.25) is 9.69 Å². The Kier molecular flexibility index (Phi) is 6.73. The first-order valence-electron chi connectivity index (χ1n) is 10.9. The van der Waals surface area contributed by atoms with Gasteiger partial charge in [-0.15, -0.1) is 0 Å². The second-order valence-electron chi connectivity index (χ2n) is 8.03. The van der Waals surface area contributed by atoms with E-state index in [9.17, 15) is 4.79 Å². The number of rotatable bonds is 7. The monoisotopic (exact) mass is 418 g/mol. The van der Waals surface area contributed by atoms with Gasteiger partial charge in [0.05, 0.1) is 13.0 Å². The summed E-state index contributed by atoms with van der Waals surface area (Å²) >= 11 is 0. The van der Waals surface area contributed by atoms with Crippen LogP contribution in [0.25, 0.3) is 10.8 Å². The van der Waals surface area contributed by atoms with Gasteiger partial charge in [0.2, 0.25) is 0 Å². The zero-order valence-electron chi connectivity index (χ0n) is 18.3. The molecule has 3 aromatic rings. The quantitative estimate of drug-likeness (QED) is 0.535. The van der Waals surface area contributed by atoms with Crippen molar-refractivity contribution in [3.63, 3.8) is 0 Å². The van der Waals surface area contributed by atoms with Crippen LogP contribution in [0.1, 0.15) is 18.4 Å². The molecule has 3 aromatic carbocycles. The predicted octanol–water partition coefficient (Wildman–Crippen LogP) is 4.32. The van der Waals surface area contributed by atoms with E-state index < -0.39 is 0 Å². The number of fused-ring (bicyclic) bond motifs is 1. The van der Waals surface area contributed by atoms with Crippen molar-refractivity contribution in [1.82, 2.24) is 4.90 Å². The summed E-state index contributed by atoms with van der Waals surface area (Å²) in [7, 11) is 1.66. The summed E-state index contributed by atoms with van der Waals surface area (Å²) < 4.78 is 10.9. The van der Waals surface area contributed by atoms with Crippen LogP contribution >= 0.6 is 0 Å². The van der Waals surface area contributed by atoms with E-state index >= 15 is 0 Å². The number of nitrogens with zero attached hydrogens (tertiary/aromatic N) is 2. The highest BCUT2D eigenvalue weighted by atomic mass is 16.5. The van der Waals surface area contributed by atoms with Gasteiger partial charge in [0.1, 0.15) is 12.4 Å². The Hall–Kier alpha value is -3.05. The first kappa shape index (κ1) is 21.2. The van der Waals surface area contributed by atoms with Crippen LogP contribution in [-0.4, -0.2) is 57.3 Å². The van der Waals surface area contributed by atoms with E-state index in [2.05, 4.69) is 40.1 Å². The van der Waals surface area contributed by atoms with Crippen molar-refractivity contribution >= 4 is 22.4 Å². The summed E-state index contributed by atoms with van der Waals surface area (Å²) in [6.07, 6.45) is 0. The third-order valence-corrected chi connectivity index (χ3v) is 6.07. The van der Waals surface area contributed by atoms with E-state index in [0.29, 0.717) is 6.61 Å². The molecule has 0 aromatic heterocycles. The molecule has 0 saturated carbocycles. The fourth-order valence-electron chi connectivity index (χ4n) is 4.04. The fourth-order valence-corrected chi connectivity index (χ4v) is 4.04. The number of piperazine rings is 1. The number of hydrogen-bond acceptors (Lipinski definition) is 5. The van der Waals surface area contributed by atoms with Gasteiger partial charge >= 0.3 is 5.97 Å². The van der Waals surface area contributed by atoms with E-state index in [1.807, 2.05) is 43.3 Å². The molecule has 1 heterocycles.